The Kier molecular flexibility index (Phi) is 3.73. The summed E-state index contributed by atoms with van der Waals surface area (Å²) in [5, 5.41) is 7.39. The highest BCUT2D eigenvalue weighted by molar-refractivity contribution is 6.31. The zero-order valence-corrected chi connectivity index (χ0v) is 11.2. The van der Waals surface area contributed by atoms with Crippen molar-refractivity contribution in [1.82, 2.24) is 14.8 Å². The van der Waals surface area contributed by atoms with Crippen molar-refractivity contribution < 1.29 is 13.2 Å². The fourth-order valence-corrected chi connectivity index (χ4v) is 2.11. The zero-order valence-electron chi connectivity index (χ0n) is 9.67. The summed E-state index contributed by atoms with van der Waals surface area (Å²) < 4.78 is 39.6. The minimum atomic E-state index is -4.48. The molecule has 0 atom stereocenters. The maximum Gasteiger partial charge on any atom is 0.416 e. The van der Waals surface area contributed by atoms with Gasteiger partial charge in [0, 0.05) is 11.4 Å². The Balaban J connectivity index is 2.63. The van der Waals surface area contributed by atoms with Crippen molar-refractivity contribution in [2.45, 2.75) is 19.5 Å². The molecule has 8 heteroatoms. The van der Waals surface area contributed by atoms with E-state index in [0.717, 1.165) is 12.1 Å². The van der Waals surface area contributed by atoms with Crippen LogP contribution in [0.25, 0.3) is 5.69 Å². The maximum absolute atomic E-state index is 12.7. The van der Waals surface area contributed by atoms with E-state index in [4.69, 9.17) is 23.2 Å². The van der Waals surface area contributed by atoms with Crippen molar-refractivity contribution >= 4 is 23.2 Å². The van der Waals surface area contributed by atoms with Crippen LogP contribution in [-0.4, -0.2) is 14.8 Å². The molecule has 102 valence electrons. The molecular formula is C11H8Cl2F3N3. The lowest BCUT2D eigenvalue weighted by Crippen LogP contribution is -2.07. The van der Waals surface area contributed by atoms with E-state index in [0.29, 0.717) is 12.2 Å². The third-order valence-electron chi connectivity index (χ3n) is 2.47. The molecule has 0 aliphatic carbocycles. The first kappa shape index (κ1) is 14.1. The van der Waals surface area contributed by atoms with E-state index in [9.17, 15) is 13.2 Å². The van der Waals surface area contributed by atoms with Gasteiger partial charge in [-0.25, -0.2) is 0 Å². The Morgan fingerprint density at radius 3 is 2.42 bits per heavy atom. The molecule has 0 fully saturated rings. The quantitative estimate of drug-likeness (QED) is 0.834. The standard InChI is InChI=1S/C11H8Cl2F3N3/c1-2-9-17-18-10(13)19(9)8-4-6(11(14,15)16)3-7(12)5-8/h3-5H,2H2,1H3. The molecule has 0 saturated carbocycles. The van der Waals surface area contributed by atoms with Crippen LogP contribution in [0.1, 0.15) is 18.3 Å². The second-order valence-electron chi connectivity index (χ2n) is 3.77. The Bertz CT molecular complexity index is 608. The van der Waals surface area contributed by atoms with E-state index in [1.54, 1.807) is 6.92 Å². The highest BCUT2D eigenvalue weighted by atomic mass is 35.5. The third kappa shape index (κ3) is 2.84. The van der Waals surface area contributed by atoms with Crippen LogP contribution in [0.2, 0.25) is 10.3 Å². The van der Waals surface area contributed by atoms with E-state index < -0.39 is 11.7 Å². The van der Waals surface area contributed by atoms with Crippen LogP contribution in [0.15, 0.2) is 18.2 Å². The average molecular weight is 310 g/mol. The molecule has 1 aromatic carbocycles. The second kappa shape index (κ2) is 5.02. The van der Waals surface area contributed by atoms with Gasteiger partial charge in [-0.3, -0.25) is 4.57 Å². The molecule has 0 amide bonds. The van der Waals surface area contributed by atoms with Gasteiger partial charge in [0.05, 0.1) is 11.3 Å². The van der Waals surface area contributed by atoms with Gasteiger partial charge in [0.2, 0.25) is 5.28 Å². The third-order valence-corrected chi connectivity index (χ3v) is 2.94. The molecule has 1 heterocycles. The van der Waals surface area contributed by atoms with Gasteiger partial charge in [0.15, 0.2) is 0 Å². The molecule has 2 aromatic rings. The number of rotatable bonds is 2. The highest BCUT2D eigenvalue weighted by Gasteiger charge is 2.31. The van der Waals surface area contributed by atoms with Crippen molar-refractivity contribution in [3.05, 3.63) is 39.9 Å². The molecule has 2 rings (SSSR count). The largest absolute Gasteiger partial charge is 0.416 e. The summed E-state index contributed by atoms with van der Waals surface area (Å²) in [6.07, 6.45) is -4.00. The minimum absolute atomic E-state index is 0.00718. The number of alkyl halides is 3. The summed E-state index contributed by atoms with van der Waals surface area (Å²) in [7, 11) is 0. The predicted molar refractivity (Wildman–Crippen MR) is 65.8 cm³/mol. The fraction of sp³-hybridized carbons (Fsp3) is 0.273. The van der Waals surface area contributed by atoms with Crippen molar-refractivity contribution in [1.29, 1.82) is 0 Å². The minimum Gasteiger partial charge on any atom is -0.270 e. The highest BCUT2D eigenvalue weighted by Crippen LogP contribution is 2.33. The smallest absolute Gasteiger partial charge is 0.270 e. The van der Waals surface area contributed by atoms with Gasteiger partial charge in [0.25, 0.3) is 0 Å². The molecular weight excluding hydrogens is 302 g/mol. The second-order valence-corrected chi connectivity index (χ2v) is 4.54. The molecule has 3 nitrogen and oxygen atoms in total. The summed E-state index contributed by atoms with van der Waals surface area (Å²) in [6, 6.07) is 3.19. The Morgan fingerprint density at radius 2 is 1.84 bits per heavy atom. The van der Waals surface area contributed by atoms with E-state index in [1.807, 2.05) is 0 Å². The number of halogens is 5. The zero-order chi connectivity index (χ0) is 14.2. The van der Waals surface area contributed by atoms with Crippen LogP contribution in [0.4, 0.5) is 13.2 Å². The van der Waals surface area contributed by atoms with Crippen molar-refractivity contribution in [3.8, 4) is 5.69 Å². The van der Waals surface area contributed by atoms with Crippen molar-refractivity contribution in [3.63, 3.8) is 0 Å². The van der Waals surface area contributed by atoms with Gasteiger partial charge in [-0.1, -0.05) is 18.5 Å². The Hall–Kier alpha value is -1.27. The van der Waals surface area contributed by atoms with Gasteiger partial charge < -0.3 is 0 Å². The van der Waals surface area contributed by atoms with E-state index in [2.05, 4.69) is 10.2 Å². The van der Waals surface area contributed by atoms with Crippen LogP contribution < -0.4 is 0 Å². The summed E-state index contributed by atoms with van der Waals surface area (Å²) in [4.78, 5) is 0. The SMILES string of the molecule is CCc1nnc(Cl)n1-c1cc(Cl)cc(C(F)(F)F)c1. The van der Waals surface area contributed by atoms with E-state index in [-0.39, 0.29) is 16.0 Å². The maximum atomic E-state index is 12.7. The molecule has 0 aliphatic rings. The first-order chi connectivity index (χ1) is 8.82. The molecule has 0 bridgehead atoms. The molecule has 0 unspecified atom stereocenters. The van der Waals surface area contributed by atoms with Crippen molar-refractivity contribution in [2.24, 2.45) is 0 Å². The van der Waals surface area contributed by atoms with Crippen molar-refractivity contribution in [2.75, 3.05) is 0 Å². The molecule has 1 aromatic heterocycles. The predicted octanol–water partition coefficient (Wildman–Crippen LogP) is 4.16. The van der Waals surface area contributed by atoms with Crippen LogP contribution in [0, 0.1) is 0 Å². The number of aryl methyl sites for hydroxylation is 1. The number of aromatic nitrogens is 3. The van der Waals surface area contributed by atoms with Gasteiger partial charge in [-0.05, 0) is 29.8 Å². The number of benzene rings is 1. The van der Waals surface area contributed by atoms with Gasteiger partial charge in [0.1, 0.15) is 5.82 Å². The topological polar surface area (TPSA) is 30.7 Å². The molecule has 0 spiro atoms. The summed E-state index contributed by atoms with van der Waals surface area (Å²) in [5.74, 6) is 0.459. The molecule has 0 N–H and O–H groups in total. The molecule has 0 aliphatic heterocycles. The fourth-order valence-electron chi connectivity index (χ4n) is 1.65. The Labute approximate surface area is 117 Å². The summed E-state index contributed by atoms with van der Waals surface area (Å²) in [5.41, 5.74) is -0.659. The lowest BCUT2D eigenvalue weighted by molar-refractivity contribution is -0.137. The van der Waals surface area contributed by atoms with Gasteiger partial charge >= 0.3 is 6.18 Å². The van der Waals surface area contributed by atoms with Crippen LogP contribution >= 0.6 is 23.2 Å². The van der Waals surface area contributed by atoms with Gasteiger partial charge in [-0.15, -0.1) is 10.2 Å². The lowest BCUT2D eigenvalue weighted by atomic mass is 10.2. The first-order valence-electron chi connectivity index (χ1n) is 5.31. The first-order valence-corrected chi connectivity index (χ1v) is 6.06. The molecule has 0 saturated heterocycles. The average Bonchev–Trinajstić information content (AvgIpc) is 2.68. The monoisotopic (exact) mass is 309 g/mol. The van der Waals surface area contributed by atoms with Crippen LogP contribution in [0.3, 0.4) is 0 Å². The summed E-state index contributed by atoms with van der Waals surface area (Å²) in [6.45, 7) is 1.80. The van der Waals surface area contributed by atoms with Crippen LogP contribution in [-0.2, 0) is 12.6 Å². The molecule has 0 radical (unpaired) electrons. The lowest BCUT2D eigenvalue weighted by Gasteiger charge is -2.12. The molecule has 19 heavy (non-hydrogen) atoms. The van der Waals surface area contributed by atoms with E-state index in [1.165, 1.54) is 10.6 Å². The van der Waals surface area contributed by atoms with Gasteiger partial charge in [-0.2, -0.15) is 13.2 Å². The van der Waals surface area contributed by atoms with E-state index >= 15 is 0 Å². The van der Waals surface area contributed by atoms with Crippen LogP contribution in [0.5, 0.6) is 0 Å². The number of nitrogens with zero attached hydrogens (tertiary/aromatic N) is 3. The normalized spacial score (nSPS) is 11.9. The Morgan fingerprint density at radius 1 is 1.16 bits per heavy atom. The number of hydrogen-bond acceptors (Lipinski definition) is 2. The number of hydrogen-bond donors (Lipinski definition) is 0. The summed E-state index contributed by atoms with van der Waals surface area (Å²) >= 11 is 11.6.